The highest BCUT2D eigenvalue weighted by molar-refractivity contribution is 5.08. The molecule has 3 atom stereocenters. The predicted octanol–water partition coefficient (Wildman–Crippen LogP) is -0.393. The van der Waals surface area contributed by atoms with Gasteiger partial charge in [-0.05, 0) is 6.92 Å². The minimum Gasteiger partial charge on any atom is -0.396 e. The molecule has 0 rings (SSSR count). The van der Waals surface area contributed by atoms with Crippen LogP contribution < -0.4 is 0 Å². The van der Waals surface area contributed by atoms with Crippen LogP contribution in [0.1, 0.15) is 13.8 Å². The summed E-state index contributed by atoms with van der Waals surface area (Å²) in [6.45, 7) is 3.39. The average Bonchev–Trinajstić information content (AvgIpc) is 2.11. The number of rotatable bonds is 3. The van der Waals surface area contributed by atoms with E-state index in [1.165, 1.54) is 0 Å². The van der Waals surface area contributed by atoms with Crippen LogP contribution in [0.5, 0.6) is 0 Å². The third-order valence-corrected chi connectivity index (χ3v) is 1.58. The molecule has 0 fully saturated rings. The van der Waals surface area contributed by atoms with Crippen molar-refractivity contribution < 1.29 is 15.3 Å². The van der Waals surface area contributed by atoms with Crippen LogP contribution in [0.3, 0.4) is 0 Å². The first kappa shape index (κ1) is 11.4. The van der Waals surface area contributed by atoms with Crippen molar-refractivity contribution >= 4 is 0 Å². The second-order valence-corrected chi connectivity index (χ2v) is 2.98. The zero-order chi connectivity index (χ0) is 9.56. The lowest BCUT2D eigenvalue weighted by molar-refractivity contribution is 0.118. The molecule has 0 aliphatic heterocycles. The number of aliphatic hydroxyl groups excluding tert-OH is 3. The highest BCUT2D eigenvalue weighted by atomic mass is 16.3. The fraction of sp³-hybridized carbons (Fsp3) is 0.778. The summed E-state index contributed by atoms with van der Waals surface area (Å²) in [7, 11) is 0. The summed E-state index contributed by atoms with van der Waals surface area (Å²) in [6, 6.07) is 0. The van der Waals surface area contributed by atoms with Crippen LogP contribution >= 0.6 is 0 Å². The van der Waals surface area contributed by atoms with Crippen LogP contribution in [-0.2, 0) is 0 Å². The van der Waals surface area contributed by atoms with Gasteiger partial charge < -0.3 is 15.3 Å². The Morgan fingerprint density at radius 3 is 2.08 bits per heavy atom. The van der Waals surface area contributed by atoms with E-state index in [1.54, 1.807) is 13.8 Å². The molecule has 3 N–H and O–H groups in total. The highest BCUT2D eigenvalue weighted by Gasteiger charge is 2.09. The Balaban J connectivity index is 3.93. The van der Waals surface area contributed by atoms with Gasteiger partial charge in [0.25, 0.3) is 0 Å². The molecule has 0 saturated heterocycles. The highest BCUT2D eigenvalue weighted by Crippen LogP contribution is 2.00. The third kappa shape index (κ3) is 4.35. The summed E-state index contributed by atoms with van der Waals surface area (Å²) in [4.78, 5) is 0. The molecular weight excluding hydrogens is 156 g/mol. The molecular formula is C9H16O3. The molecule has 0 spiro atoms. The van der Waals surface area contributed by atoms with E-state index in [4.69, 9.17) is 10.2 Å². The third-order valence-electron chi connectivity index (χ3n) is 1.58. The molecule has 0 amide bonds. The fourth-order valence-corrected chi connectivity index (χ4v) is 0.515. The summed E-state index contributed by atoms with van der Waals surface area (Å²) >= 11 is 0. The Morgan fingerprint density at radius 2 is 1.67 bits per heavy atom. The van der Waals surface area contributed by atoms with Crippen molar-refractivity contribution in [2.45, 2.75) is 20.0 Å². The SMILES string of the molecule is CC(C#CC(O)C(C)CO)CO. The molecule has 0 bridgehead atoms. The summed E-state index contributed by atoms with van der Waals surface area (Å²) in [6.07, 6.45) is -0.802. The second kappa shape index (κ2) is 6.01. The van der Waals surface area contributed by atoms with E-state index in [0.29, 0.717) is 0 Å². The van der Waals surface area contributed by atoms with Gasteiger partial charge in [-0.25, -0.2) is 0 Å². The molecule has 0 aromatic rings. The summed E-state index contributed by atoms with van der Waals surface area (Å²) in [5, 5.41) is 26.5. The lowest BCUT2D eigenvalue weighted by Gasteiger charge is -2.09. The lowest BCUT2D eigenvalue weighted by atomic mass is 10.1. The van der Waals surface area contributed by atoms with Crippen LogP contribution in [0.15, 0.2) is 0 Å². The maximum Gasteiger partial charge on any atom is 0.119 e. The molecule has 0 saturated carbocycles. The monoisotopic (exact) mass is 172 g/mol. The van der Waals surface area contributed by atoms with Gasteiger partial charge in [0.05, 0.1) is 6.61 Å². The topological polar surface area (TPSA) is 60.7 Å². The Kier molecular flexibility index (Phi) is 5.73. The Bertz CT molecular complexity index is 168. The second-order valence-electron chi connectivity index (χ2n) is 2.98. The van der Waals surface area contributed by atoms with Crippen LogP contribution in [-0.4, -0.2) is 34.6 Å². The van der Waals surface area contributed by atoms with Crippen molar-refractivity contribution in [1.29, 1.82) is 0 Å². The van der Waals surface area contributed by atoms with E-state index >= 15 is 0 Å². The van der Waals surface area contributed by atoms with Crippen molar-refractivity contribution in [3.63, 3.8) is 0 Å². The number of hydrogen-bond acceptors (Lipinski definition) is 3. The normalized spacial score (nSPS) is 17.4. The van der Waals surface area contributed by atoms with Gasteiger partial charge in [-0.3, -0.25) is 0 Å². The van der Waals surface area contributed by atoms with Crippen LogP contribution in [0.25, 0.3) is 0 Å². The first-order chi connectivity index (χ1) is 5.61. The molecule has 0 aromatic heterocycles. The van der Waals surface area contributed by atoms with Crippen molar-refractivity contribution in [3.05, 3.63) is 0 Å². The van der Waals surface area contributed by atoms with E-state index in [0.717, 1.165) is 0 Å². The van der Waals surface area contributed by atoms with Crippen molar-refractivity contribution in [1.82, 2.24) is 0 Å². The minimum atomic E-state index is -0.802. The summed E-state index contributed by atoms with van der Waals surface area (Å²) in [5.74, 6) is 4.90. The smallest absolute Gasteiger partial charge is 0.119 e. The minimum absolute atomic E-state index is 0.00672. The Hall–Kier alpha value is -0.560. The first-order valence-electron chi connectivity index (χ1n) is 4.02. The van der Waals surface area contributed by atoms with Crippen molar-refractivity contribution in [2.24, 2.45) is 11.8 Å². The molecule has 0 radical (unpaired) electrons. The van der Waals surface area contributed by atoms with Gasteiger partial charge in [0.15, 0.2) is 0 Å². The van der Waals surface area contributed by atoms with Crippen LogP contribution in [0.2, 0.25) is 0 Å². The summed E-state index contributed by atoms with van der Waals surface area (Å²) in [5.41, 5.74) is 0. The molecule has 0 aliphatic carbocycles. The van der Waals surface area contributed by atoms with Crippen molar-refractivity contribution in [3.8, 4) is 11.8 Å². The van der Waals surface area contributed by atoms with Crippen LogP contribution in [0.4, 0.5) is 0 Å². The average molecular weight is 172 g/mol. The van der Waals surface area contributed by atoms with E-state index in [9.17, 15) is 5.11 Å². The predicted molar refractivity (Wildman–Crippen MR) is 46.3 cm³/mol. The summed E-state index contributed by atoms with van der Waals surface area (Å²) < 4.78 is 0. The largest absolute Gasteiger partial charge is 0.396 e. The molecule has 12 heavy (non-hydrogen) atoms. The molecule has 0 aromatic carbocycles. The Labute approximate surface area is 73.0 Å². The fourth-order valence-electron chi connectivity index (χ4n) is 0.515. The molecule has 0 heterocycles. The van der Waals surface area contributed by atoms with E-state index in [1.807, 2.05) is 0 Å². The maximum absolute atomic E-state index is 9.25. The van der Waals surface area contributed by atoms with Gasteiger partial charge in [-0.15, -0.1) is 0 Å². The zero-order valence-electron chi connectivity index (χ0n) is 7.49. The standard InChI is InChI=1S/C9H16O3/c1-7(5-10)3-4-9(12)8(2)6-11/h7-12H,5-6H2,1-2H3. The van der Waals surface area contributed by atoms with Gasteiger partial charge >= 0.3 is 0 Å². The van der Waals surface area contributed by atoms with Crippen LogP contribution in [0, 0.1) is 23.7 Å². The molecule has 3 nitrogen and oxygen atoms in total. The first-order valence-corrected chi connectivity index (χ1v) is 4.02. The molecule has 0 aliphatic rings. The number of hydrogen-bond donors (Lipinski definition) is 3. The zero-order valence-corrected chi connectivity index (χ0v) is 7.49. The molecule has 3 heteroatoms. The lowest BCUT2D eigenvalue weighted by Crippen LogP contribution is -2.19. The molecule has 3 unspecified atom stereocenters. The van der Waals surface area contributed by atoms with Gasteiger partial charge in [-0.1, -0.05) is 18.8 Å². The quantitative estimate of drug-likeness (QED) is 0.508. The van der Waals surface area contributed by atoms with E-state index in [-0.39, 0.29) is 25.0 Å². The van der Waals surface area contributed by atoms with Gasteiger partial charge in [0.1, 0.15) is 6.10 Å². The van der Waals surface area contributed by atoms with E-state index < -0.39 is 6.10 Å². The van der Waals surface area contributed by atoms with Crippen molar-refractivity contribution in [2.75, 3.05) is 13.2 Å². The molecule has 70 valence electrons. The van der Waals surface area contributed by atoms with Gasteiger partial charge in [0.2, 0.25) is 0 Å². The van der Waals surface area contributed by atoms with Gasteiger partial charge in [0, 0.05) is 18.4 Å². The maximum atomic E-state index is 9.25. The Morgan fingerprint density at radius 1 is 1.08 bits per heavy atom. The van der Waals surface area contributed by atoms with E-state index in [2.05, 4.69) is 11.8 Å². The van der Waals surface area contributed by atoms with Gasteiger partial charge in [-0.2, -0.15) is 0 Å². The number of aliphatic hydroxyl groups is 3.